The van der Waals surface area contributed by atoms with Gasteiger partial charge in [-0.1, -0.05) is 73.4 Å². The zero-order chi connectivity index (χ0) is 50.8. The summed E-state index contributed by atoms with van der Waals surface area (Å²) in [4.78, 5) is 50.2. The zero-order valence-corrected chi connectivity index (χ0v) is 43.3. The predicted molar refractivity (Wildman–Crippen MR) is 267 cm³/mol. The maximum Gasteiger partial charge on any atom is 0.299 e. The van der Waals surface area contributed by atoms with Crippen molar-refractivity contribution in [3.63, 3.8) is 0 Å². The molecule has 0 heterocycles. The molecular formula is C47H62Cl3N5O10S2. The Hall–Kier alpha value is -4.75. The molecule has 0 spiro atoms. The van der Waals surface area contributed by atoms with Gasteiger partial charge < -0.3 is 25.8 Å². The number of rotatable bonds is 20. The van der Waals surface area contributed by atoms with Crippen molar-refractivity contribution < 1.29 is 45.5 Å². The molecule has 0 radical (unpaired) electrons. The van der Waals surface area contributed by atoms with Gasteiger partial charge in [-0.05, 0) is 106 Å². The molecule has 0 saturated heterocycles. The number of amides is 2. The van der Waals surface area contributed by atoms with Gasteiger partial charge in [-0.3, -0.25) is 19.2 Å². The molecule has 0 fully saturated rings. The number of carbonyl (C=O) groups is 4. The Morgan fingerprint density at radius 1 is 0.597 bits per heavy atom. The van der Waals surface area contributed by atoms with Gasteiger partial charge in [-0.15, -0.1) is 0 Å². The summed E-state index contributed by atoms with van der Waals surface area (Å²) < 4.78 is 57.4. The molecule has 2 atom stereocenters. The first-order chi connectivity index (χ1) is 31.2. The molecule has 0 saturated carbocycles. The van der Waals surface area contributed by atoms with Crippen LogP contribution in [0.5, 0.6) is 11.5 Å². The molecule has 368 valence electrons. The fraction of sp³-hybridized carbons (Fsp3) is 0.404. The molecule has 15 nitrogen and oxygen atoms in total. The van der Waals surface area contributed by atoms with Crippen molar-refractivity contribution in [3.8, 4) is 11.5 Å². The lowest BCUT2D eigenvalue weighted by molar-refractivity contribution is -0.121. The van der Waals surface area contributed by atoms with E-state index in [1.807, 2.05) is 39.8 Å². The third kappa shape index (κ3) is 20.6. The average molecular weight is 1030 g/mol. The normalized spacial score (nSPS) is 12.3. The Morgan fingerprint density at radius 3 is 1.24 bits per heavy atom. The summed E-state index contributed by atoms with van der Waals surface area (Å²) in [5.41, 5.74) is 9.44. The van der Waals surface area contributed by atoms with Crippen LogP contribution in [0.15, 0.2) is 84.9 Å². The lowest BCUT2D eigenvalue weighted by atomic mass is 9.99. The summed E-state index contributed by atoms with van der Waals surface area (Å²) in [5.74, 6) is 0.00120. The minimum Gasteiger partial charge on any atom is -0.489 e. The third-order valence-electron chi connectivity index (χ3n) is 9.42. The van der Waals surface area contributed by atoms with E-state index in [0.29, 0.717) is 63.2 Å². The Balaban J connectivity index is 0.000000408. The zero-order valence-electron chi connectivity index (χ0n) is 39.4. The molecule has 20 heteroatoms. The molecule has 0 aliphatic carbocycles. The van der Waals surface area contributed by atoms with Crippen molar-refractivity contribution in [3.05, 3.63) is 123 Å². The third-order valence-corrected chi connectivity index (χ3v) is 13.5. The predicted octanol–water partition coefficient (Wildman–Crippen LogP) is 7.90. The summed E-state index contributed by atoms with van der Waals surface area (Å²) in [7, 11) is 3.68. The summed E-state index contributed by atoms with van der Waals surface area (Å²) >= 11 is 12.4. The highest BCUT2D eigenvalue weighted by atomic mass is 35.7. The van der Waals surface area contributed by atoms with Gasteiger partial charge in [0.15, 0.2) is 11.6 Å². The number of Topliss-reactive ketones (excluding diaryl/α,β-unsaturated/α-hetero) is 2. The molecule has 0 aliphatic heterocycles. The van der Waals surface area contributed by atoms with E-state index in [9.17, 15) is 36.0 Å². The number of hydrogen-bond acceptors (Lipinski definition) is 11. The maximum atomic E-state index is 12.8. The standard InChI is InChI=1S/C24H31ClN2O5S.C21H25ClN2O3.C2H6ClNO2S/c1-6-22(28)21(13-17-7-9-18(10-8-17)15-33(30,31)27(4)5)26-24(29)19-11-12-23(20(25)14-19)32-16(2)3;1-4-19(25)18(11-14-5-8-16(23)9-6-14)24-21(26)15-7-10-20(17(22)12-15)27-13(2)3;1-4(2)7(3,5)6/h7-12,14,16,21H,6,13,15H2,1-5H3,(H,26,29);5-10,12-13,18H,4,11,23H2,1-3H3,(H,24,26);1-2H3. The Kier molecular flexibility index (Phi) is 23.8. The molecule has 0 bridgehead atoms. The van der Waals surface area contributed by atoms with Crippen molar-refractivity contribution in [2.24, 2.45) is 0 Å². The highest BCUT2D eigenvalue weighted by molar-refractivity contribution is 8.11. The van der Waals surface area contributed by atoms with Gasteiger partial charge in [-0.2, -0.15) is 12.7 Å². The summed E-state index contributed by atoms with van der Waals surface area (Å²) in [6, 6.07) is 22.5. The van der Waals surface area contributed by atoms with Crippen molar-refractivity contribution in [1.29, 1.82) is 0 Å². The van der Waals surface area contributed by atoms with Crippen molar-refractivity contribution >= 4 is 82.2 Å². The number of carbonyl (C=O) groups excluding carboxylic acids is 4. The summed E-state index contributed by atoms with van der Waals surface area (Å²) in [6.45, 7) is 11.1. The highest BCUT2D eigenvalue weighted by Gasteiger charge is 2.23. The number of ether oxygens (including phenoxy) is 2. The van der Waals surface area contributed by atoms with Crippen LogP contribution in [0.2, 0.25) is 10.0 Å². The SMILES string of the molecule is CCC(=O)C(Cc1ccc(CS(=O)(=O)N(C)C)cc1)NC(=O)c1ccc(OC(C)C)c(Cl)c1.CCC(=O)C(Cc1ccc(N)cc1)NC(=O)c1ccc(OC(C)C)c(Cl)c1.CN(C)S(=O)(=O)Cl. The Bertz CT molecular complexity index is 2510. The van der Waals surface area contributed by atoms with Gasteiger partial charge in [0.1, 0.15) is 11.5 Å². The minimum atomic E-state index is -3.44. The minimum absolute atomic E-state index is 0.0198. The van der Waals surface area contributed by atoms with Crippen LogP contribution in [-0.4, -0.2) is 101 Å². The molecule has 4 rings (SSSR count). The van der Waals surface area contributed by atoms with Crippen LogP contribution in [0.3, 0.4) is 0 Å². The molecule has 2 amide bonds. The first kappa shape index (κ1) is 58.4. The first-order valence-electron chi connectivity index (χ1n) is 21.2. The first-order valence-corrected chi connectivity index (χ1v) is 25.8. The van der Waals surface area contributed by atoms with E-state index in [1.165, 1.54) is 38.6 Å². The fourth-order valence-corrected chi connectivity index (χ4v) is 7.01. The van der Waals surface area contributed by atoms with Gasteiger partial charge >= 0.3 is 0 Å². The fourth-order valence-electron chi connectivity index (χ4n) is 5.69. The maximum absolute atomic E-state index is 12.8. The van der Waals surface area contributed by atoms with Crippen LogP contribution >= 0.6 is 33.9 Å². The smallest absolute Gasteiger partial charge is 0.299 e. The highest BCUT2D eigenvalue weighted by Crippen LogP contribution is 2.28. The van der Waals surface area contributed by atoms with Crippen LogP contribution in [0, 0.1) is 0 Å². The molecule has 67 heavy (non-hydrogen) atoms. The van der Waals surface area contributed by atoms with Crippen molar-refractivity contribution in [2.75, 3.05) is 33.9 Å². The van der Waals surface area contributed by atoms with E-state index in [0.717, 1.165) is 15.4 Å². The topological polar surface area (TPSA) is 212 Å². The van der Waals surface area contributed by atoms with Crippen molar-refractivity contribution in [1.82, 2.24) is 19.2 Å². The van der Waals surface area contributed by atoms with E-state index in [1.54, 1.807) is 80.6 Å². The number of anilines is 1. The number of benzene rings is 4. The van der Waals surface area contributed by atoms with E-state index >= 15 is 0 Å². The lowest BCUT2D eigenvalue weighted by Gasteiger charge is -2.18. The van der Waals surface area contributed by atoms with Gasteiger partial charge in [0.25, 0.3) is 21.1 Å². The number of nitrogen functional groups attached to an aromatic ring is 1. The van der Waals surface area contributed by atoms with E-state index in [4.69, 9.17) is 49.1 Å². The second kappa shape index (κ2) is 27.3. The Morgan fingerprint density at radius 2 is 0.940 bits per heavy atom. The van der Waals surface area contributed by atoms with Crippen LogP contribution in [-0.2, 0) is 47.4 Å². The molecule has 2 unspecified atom stereocenters. The largest absolute Gasteiger partial charge is 0.489 e. The van der Waals surface area contributed by atoms with Crippen LogP contribution in [0.25, 0.3) is 0 Å². The van der Waals surface area contributed by atoms with Crippen LogP contribution in [0.1, 0.15) is 91.8 Å². The van der Waals surface area contributed by atoms with Gasteiger partial charge in [0.05, 0.1) is 40.1 Å². The second-order valence-corrected chi connectivity index (χ2v) is 21.8. The molecule has 4 aromatic carbocycles. The second-order valence-electron chi connectivity index (χ2n) is 16.0. The number of nitrogens with zero attached hydrogens (tertiary/aromatic N) is 2. The molecule has 0 aliphatic rings. The van der Waals surface area contributed by atoms with Gasteiger partial charge in [0, 0.05) is 68.5 Å². The summed E-state index contributed by atoms with van der Waals surface area (Å²) in [5, 5.41) is 6.29. The Labute approximate surface area is 410 Å². The molecular weight excluding hydrogens is 965 g/mol. The van der Waals surface area contributed by atoms with E-state index < -0.39 is 37.3 Å². The average Bonchev–Trinajstić information content (AvgIpc) is 3.25. The number of sulfonamides is 1. The van der Waals surface area contributed by atoms with Crippen molar-refractivity contribution in [2.45, 2.75) is 97.3 Å². The molecule has 4 aromatic rings. The van der Waals surface area contributed by atoms with Gasteiger partial charge in [0.2, 0.25) is 10.0 Å². The number of ketones is 2. The van der Waals surface area contributed by atoms with Crippen LogP contribution in [0.4, 0.5) is 5.69 Å². The lowest BCUT2D eigenvalue weighted by Crippen LogP contribution is -2.42. The quantitative estimate of drug-likeness (QED) is 0.0572. The van der Waals surface area contributed by atoms with E-state index in [2.05, 4.69) is 10.6 Å². The van der Waals surface area contributed by atoms with Crippen LogP contribution < -0.4 is 25.8 Å². The van der Waals surface area contributed by atoms with Gasteiger partial charge in [-0.25, -0.2) is 12.7 Å². The number of halogens is 3. The monoisotopic (exact) mass is 1030 g/mol. The molecule has 0 aromatic heterocycles. The summed E-state index contributed by atoms with van der Waals surface area (Å²) in [6.07, 6.45) is 1.23. The number of nitrogens with two attached hydrogens (primary N) is 1. The molecule has 4 N–H and O–H groups in total. The number of hydrogen-bond donors (Lipinski definition) is 3. The van der Waals surface area contributed by atoms with E-state index in [-0.39, 0.29) is 41.9 Å². The number of nitrogens with one attached hydrogen (secondary N) is 2.